The molecule has 0 aliphatic carbocycles. The lowest BCUT2D eigenvalue weighted by Gasteiger charge is -1.77. The molecule has 0 fully saturated rings. The topological polar surface area (TPSA) is 76.2 Å². The molecule has 0 aliphatic heterocycles. The van der Waals surface area contributed by atoms with Crippen molar-refractivity contribution in [3.63, 3.8) is 0 Å². The molecule has 1 aromatic rings. The zero-order valence-corrected chi connectivity index (χ0v) is 5.37. The normalized spacial score (nSPS) is 9.70. The van der Waals surface area contributed by atoms with Crippen LogP contribution in [0.4, 0.5) is 0 Å². The van der Waals surface area contributed by atoms with Gasteiger partial charge in [0.15, 0.2) is 5.82 Å². The van der Waals surface area contributed by atoms with E-state index in [0.29, 0.717) is 12.2 Å². The van der Waals surface area contributed by atoms with Gasteiger partial charge in [0.05, 0.1) is 0 Å². The summed E-state index contributed by atoms with van der Waals surface area (Å²) < 4.78 is 4.36. The number of hydrogen-bond acceptors (Lipinski definition) is 4. The number of carboxylic acid groups (broad SMARTS) is 1. The van der Waals surface area contributed by atoms with E-state index in [9.17, 15) is 4.79 Å². The third kappa shape index (κ3) is 1.12. The first kappa shape index (κ1) is 6.73. The Hall–Kier alpha value is -1.39. The van der Waals surface area contributed by atoms with Gasteiger partial charge in [-0.3, -0.25) is 0 Å². The smallest absolute Gasteiger partial charge is 0.394 e. The summed E-state index contributed by atoms with van der Waals surface area (Å²) in [6, 6.07) is 0. The predicted octanol–water partition coefficient (Wildman–Crippen LogP) is 0.330. The van der Waals surface area contributed by atoms with Gasteiger partial charge in [0.25, 0.3) is 0 Å². The molecule has 0 radical (unpaired) electrons. The van der Waals surface area contributed by atoms with Crippen molar-refractivity contribution < 1.29 is 14.4 Å². The molecule has 0 amide bonds. The first-order valence-corrected chi connectivity index (χ1v) is 2.80. The number of carboxylic acids is 1. The van der Waals surface area contributed by atoms with Crippen molar-refractivity contribution in [2.45, 2.75) is 13.3 Å². The van der Waals surface area contributed by atoms with Gasteiger partial charge in [-0.15, -0.1) is 0 Å². The van der Waals surface area contributed by atoms with Crippen LogP contribution in [-0.2, 0) is 6.42 Å². The van der Waals surface area contributed by atoms with Gasteiger partial charge < -0.3 is 9.63 Å². The molecule has 0 saturated heterocycles. The van der Waals surface area contributed by atoms with Crippen molar-refractivity contribution in [1.82, 2.24) is 10.1 Å². The van der Waals surface area contributed by atoms with Crippen LogP contribution in [-0.4, -0.2) is 21.2 Å². The van der Waals surface area contributed by atoms with E-state index in [-0.39, 0.29) is 5.89 Å². The second-order valence-corrected chi connectivity index (χ2v) is 1.67. The van der Waals surface area contributed by atoms with Gasteiger partial charge in [-0.1, -0.05) is 12.1 Å². The standard InChI is InChI=1S/C5H6N2O3/c1-2-3-6-4(5(8)9)10-7-3/h2H2,1H3,(H,8,9). The summed E-state index contributed by atoms with van der Waals surface area (Å²) in [5.74, 6) is -1.12. The van der Waals surface area contributed by atoms with Crippen LogP contribution >= 0.6 is 0 Å². The Kier molecular flexibility index (Phi) is 1.66. The second kappa shape index (κ2) is 2.47. The largest absolute Gasteiger partial charge is 0.474 e. The third-order valence-electron chi connectivity index (χ3n) is 0.967. The van der Waals surface area contributed by atoms with E-state index in [1.807, 2.05) is 6.92 Å². The summed E-state index contributed by atoms with van der Waals surface area (Å²) in [5.41, 5.74) is 0. The maximum atomic E-state index is 10.1. The van der Waals surface area contributed by atoms with Crippen LogP contribution in [0.2, 0.25) is 0 Å². The van der Waals surface area contributed by atoms with Crippen LogP contribution in [0, 0.1) is 0 Å². The number of hydrogen-bond donors (Lipinski definition) is 1. The zero-order chi connectivity index (χ0) is 7.56. The molecular weight excluding hydrogens is 136 g/mol. The molecule has 54 valence electrons. The Bertz CT molecular complexity index is 243. The molecule has 10 heavy (non-hydrogen) atoms. The van der Waals surface area contributed by atoms with Gasteiger partial charge in [0, 0.05) is 6.42 Å². The lowest BCUT2D eigenvalue weighted by atomic mass is 10.5. The van der Waals surface area contributed by atoms with Crippen molar-refractivity contribution in [2.75, 3.05) is 0 Å². The van der Waals surface area contributed by atoms with Crippen molar-refractivity contribution in [1.29, 1.82) is 0 Å². The minimum absolute atomic E-state index is 0.350. The molecule has 0 atom stereocenters. The molecule has 0 saturated carbocycles. The van der Waals surface area contributed by atoms with Crippen molar-refractivity contribution in [2.24, 2.45) is 0 Å². The van der Waals surface area contributed by atoms with Gasteiger partial charge in [-0.05, 0) is 0 Å². The first-order chi connectivity index (χ1) is 4.74. The summed E-state index contributed by atoms with van der Waals surface area (Å²) in [6.07, 6.45) is 0.580. The number of rotatable bonds is 2. The average Bonchev–Trinajstić information content (AvgIpc) is 2.34. The Morgan fingerprint density at radius 1 is 1.80 bits per heavy atom. The van der Waals surface area contributed by atoms with Crippen LogP contribution < -0.4 is 0 Å². The fourth-order valence-corrected chi connectivity index (χ4v) is 0.484. The van der Waals surface area contributed by atoms with Crippen LogP contribution in [0.1, 0.15) is 23.4 Å². The van der Waals surface area contributed by atoms with Crippen molar-refractivity contribution in [3.8, 4) is 0 Å². The van der Waals surface area contributed by atoms with Crippen LogP contribution in [0.5, 0.6) is 0 Å². The lowest BCUT2D eigenvalue weighted by molar-refractivity contribution is 0.0643. The molecule has 0 unspecified atom stereocenters. The monoisotopic (exact) mass is 142 g/mol. The van der Waals surface area contributed by atoms with Crippen LogP contribution in [0.15, 0.2) is 4.52 Å². The SMILES string of the molecule is CCc1noc(C(=O)O)n1. The molecule has 1 aromatic heterocycles. The van der Waals surface area contributed by atoms with E-state index in [2.05, 4.69) is 14.7 Å². The number of aromatic carboxylic acids is 1. The maximum absolute atomic E-state index is 10.1. The highest BCUT2D eigenvalue weighted by Crippen LogP contribution is 1.96. The van der Waals surface area contributed by atoms with Gasteiger partial charge in [0.2, 0.25) is 0 Å². The van der Waals surface area contributed by atoms with E-state index in [0.717, 1.165) is 0 Å². The van der Waals surface area contributed by atoms with Crippen molar-refractivity contribution >= 4 is 5.97 Å². The molecule has 5 nitrogen and oxygen atoms in total. The number of nitrogens with zero attached hydrogens (tertiary/aromatic N) is 2. The zero-order valence-electron chi connectivity index (χ0n) is 5.37. The Labute approximate surface area is 56.7 Å². The molecule has 1 N–H and O–H groups in total. The third-order valence-corrected chi connectivity index (χ3v) is 0.967. The number of aryl methyl sites for hydroxylation is 1. The van der Waals surface area contributed by atoms with E-state index < -0.39 is 5.97 Å². The molecule has 0 aromatic carbocycles. The van der Waals surface area contributed by atoms with Gasteiger partial charge in [-0.2, -0.15) is 4.98 Å². The van der Waals surface area contributed by atoms with Gasteiger partial charge >= 0.3 is 11.9 Å². The second-order valence-electron chi connectivity index (χ2n) is 1.67. The Morgan fingerprint density at radius 2 is 2.50 bits per heavy atom. The van der Waals surface area contributed by atoms with E-state index in [4.69, 9.17) is 5.11 Å². The molecule has 0 bridgehead atoms. The maximum Gasteiger partial charge on any atom is 0.394 e. The summed E-state index contributed by atoms with van der Waals surface area (Å²) in [5, 5.41) is 11.7. The predicted molar refractivity (Wildman–Crippen MR) is 30.6 cm³/mol. The number of carbonyl (C=O) groups is 1. The average molecular weight is 142 g/mol. The molecule has 5 heteroatoms. The highest BCUT2D eigenvalue weighted by atomic mass is 16.5. The summed E-state index contributed by atoms with van der Waals surface area (Å²) in [6.45, 7) is 1.82. The molecule has 0 spiro atoms. The van der Waals surface area contributed by atoms with E-state index in [1.54, 1.807) is 0 Å². The highest BCUT2D eigenvalue weighted by Gasteiger charge is 2.10. The van der Waals surface area contributed by atoms with Crippen LogP contribution in [0.25, 0.3) is 0 Å². The highest BCUT2D eigenvalue weighted by molar-refractivity contribution is 5.81. The van der Waals surface area contributed by atoms with E-state index >= 15 is 0 Å². The fourth-order valence-electron chi connectivity index (χ4n) is 0.484. The van der Waals surface area contributed by atoms with Crippen LogP contribution in [0.3, 0.4) is 0 Å². The van der Waals surface area contributed by atoms with Gasteiger partial charge in [0.1, 0.15) is 0 Å². The molecule has 0 aliphatic rings. The number of aromatic nitrogens is 2. The minimum atomic E-state index is -1.19. The molecular formula is C5H6N2O3. The summed E-state index contributed by atoms with van der Waals surface area (Å²) >= 11 is 0. The fraction of sp³-hybridized carbons (Fsp3) is 0.400. The minimum Gasteiger partial charge on any atom is -0.474 e. The Balaban J connectivity index is 2.88. The van der Waals surface area contributed by atoms with Gasteiger partial charge in [-0.25, -0.2) is 4.79 Å². The lowest BCUT2D eigenvalue weighted by Crippen LogP contribution is -1.95. The van der Waals surface area contributed by atoms with Crippen molar-refractivity contribution in [3.05, 3.63) is 11.7 Å². The Morgan fingerprint density at radius 3 is 2.80 bits per heavy atom. The van der Waals surface area contributed by atoms with E-state index in [1.165, 1.54) is 0 Å². The summed E-state index contributed by atoms with van der Waals surface area (Å²) in [7, 11) is 0. The molecule has 1 heterocycles. The first-order valence-electron chi connectivity index (χ1n) is 2.80. The quantitative estimate of drug-likeness (QED) is 0.643. The summed E-state index contributed by atoms with van der Waals surface area (Å²) in [4.78, 5) is 13.7. The molecule has 1 rings (SSSR count).